The van der Waals surface area contributed by atoms with Crippen LogP contribution in [0.2, 0.25) is 0 Å². The molecule has 0 fully saturated rings. The van der Waals surface area contributed by atoms with E-state index in [1.165, 1.54) is 7.11 Å². The van der Waals surface area contributed by atoms with Crippen molar-refractivity contribution >= 4 is 45.5 Å². The summed E-state index contributed by atoms with van der Waals surface area (Å²) < 4.78 is 41.2. The van der Waals surface area contributed by atoms with Crippen LogP contribution in [0.5, 0.6) is 0 Å². The molecule has 10 heteroatoms. The molecule has 0 aliphatic carbocycles. The molecule has 5 aromatic rings. The highest BCUT2D eigenvalue weighted by Gasteiger charge is 2.31. The van der Waals surface area contributed by atoms with Crippen LogP contribution in [0.1, 0.15) is 30.0 Å². The predicted octanol–water partition coefficient (Wildman–Crippen LogP) is 6.72. The number of methoxy groups -OCH3 is 1. The Balaban J connectivity index is 1.34. The van der Waals surface area contributed by atoms with Crippen molar-refractivity contribution < 1.29 is 31.9 Å². The molecule has 2 unspecified atom stereocenters. The minimum atomic E-state index is -2.69. The highest BCUT2D eigenvalue weighted by Crippen LogP contribution is 2.35. The van der Waals surface area contributed by atoms with E-state index in [4.69, 9.17) is 13.6 Å². The second-order valence-electron chi connectivity index (χ2n) is 10.1. The van der Waals surface area contributed by atoms with Gasteiger partial charge in [-0.3, -0.25) is 13.3 Å². The zero-order chi connectivity index (χ0) is 30.0. The fourth-order valence-electron chi connectivity index (χ4n) is 5.01. The van der Waals surface area contributed by atoms with Crippen LogP contribution in [0.4, 0.5) is 11.4 Å². The van der Waals surface area contributed by atoms with Crippen molar-refractivity contribution in [2.45, 2.75) is 26.8 Å². The zero-order valence-electron chi connectivity index (χ0n) is 23.5. The number of hydrogen-bond donors (Lipinski definition) is 1. The Morgan fingerprint density at radius 1 is 0.952 bits per heavy atom. The third-order valence-electron chi connectivity index (χ3n) is 7.08. The molecule has 2 atom stereocenters. The number of anilines is 2. The van der Waals surface area contributed by atoms with E-state index >= 15 is 0 Å². The van der Waals surface area contributed by atoms with Crippen LogP contribution < -0.4 is 9.62 Å². The number of aryl methyl sites for hydroxylation is 1. The van der Waals surface area contributed by atoms with Gasteiger partial charge in [0.1, 0.15) is 11.6 Å². The van der Waals surface area contributed by atoms with E-state index in [9.17, 15) is 18.4 Å². The molecular formula is C32H29N2O7S-. The number of fused-ring (bicyclic) bond motifs is 1. The Kier molecular flexibility index (Phi) is 8.28. The maximum Gasteiger partial charge on any atom is 0.329 e. The summed E-state index contributed by atoms with van der Waals surface area (Å²) in [5, 5.41) is 3.75. The van der Waals surface area contributed by atoms with Crippen LogP contribution in [-0.4, -0.2) is 33.8 Å². The number of carbonyl (C=O) groups is 2. The van der Waals surface area contributed by atoms with Gasteiger partial charge in [0.25, 0.3) is 5.91 Å². The van der Waals surface area contributed by atoms with Gasteiger partial charge in [0.2, 0.25) is 0 Å². The Hall–Kier alpha value is -4.67. The monoisotopic (exact) mass is 585 g/mol. The molecule has 5 rings (SSSR count). The van der Waals surface area contributed by atoms with Crippen molar-refractivity contribution in [3.05, 3.63) is 96.6 Å². The van der Waals surface area contributed by atoms with Gasteiger partial charge in [-0.1, -0.05) is 50.2 Å². The van der Waals surface area contributed by atoms with Crippen molar-refractivity contribution in [3.63, 3.8) is 0 Å². The molecule has 42 heavy (non-hydrogen) atoms. The number of nitrogens with one attached hydrogen (secondary N) is 1. The second kappa shape index (κ2) is 12.1. The number of nitrogens with zero attached hydrogens (tertiary/aromatic N) is 1. The summed E-state index contributed by atoms with van der Waals surface area (Å²) in [7, 11) is 1.23. The van der Waals surface area contributed by atoms with Crippen molar-refractivity contribution in [2.75, 3.05) is 16.7 Å². The normalized spacial score (nSPS) is 12.7. The summed E-state index contributed by atoms with van der Waals surface area (Å²) in [6.45, 7) is 5.36. The average Bonchev–Trinajstić information content (AvgIpc) is 3.64. The lowest BCUT2D eigenvalue weighted by molar-refractivity contribution is -0.142. The van der Waals surface area contributed by atoms with Crippen molar-refractivity contribution in [2.24, 2.45) is 5.92 Å². The first-order valence-electron chi connectivity index (χ1n) is 13.2. The largest absolute Gasteiger partial charge is 0.755 e. The number of ether oxygens (including phenoxy) is 1. The summed E-state index contributed by atoms with van der Waals surface area (Å²) >= 11 is -2.69. The van der Waals surface area contributed by atoms with Gasteiger partial charge in [0.05, 0.1) is 19.6 Å². The summed E-state index contributed by atoms with van der Waals surface area (Å²) in [6, 6.07) is 20.6. The number of hydrogen-bond acceptors (Lipinski definition) is 7. The lowest BCUT2D eigenvalue weighted by atomic mass is 10.0. The number of furan rings is 2. The molecule has 2 aromatic heterocycles. The van der Waals surface area contributed by atoms with E-state index in [-0.39, 0.29) is 17.6 Å². The fourth-order valence-corrected chi connectivity index (χ4v) is 5.82. The Bertz CT molecular complexity index is 1740. The zero-order valence-corrected chi connectivity index (χ0v) is 24.3. The maximum absolute atomic E-state index is 13.2. The van der Waals surface area contributed by atoms with E-state index in [0.29, 0.717) is 17.0 Å². The first-order chi connectivity index (χ1) is 20.2. The van der Waals surface area contributed by atoms with Gasteiger partial charge < -0.3 is 23.4 Å². The molecule has 0 radical (unpaired) electrons. The van der Waals surface area contributed by atoms with E-state index < -0.39 is 23.3 Å². The first-order valence-corrected chi connectivity index (χ1v) is 14.3. The molecule has 1 N–H and O–H groups in total. The van der Waals surface area contributed by atoms with Gasteiger partial charge in [0.15, 0.2) is 5.76 Å². The van der Waals surface area contributed by atoms with Gasteiger partial charge in [-0.25, -0.2) is 4.79 Å². The molecule has 0 aliphatic heterocycles. The quantitative estimate of drug-likeness (QED) is 0.150. The lowest BCUT2D eigenvalue weighted by Crippen LogP contribution is -2.46. The molecule has 216 valence electrons. The van der Waals surface area contributed by atoms with Gasteiger partial charge in [0, 0.05) is 39.2 Å². The average molecular weight is 586 g/mol. The summed E-state index contributed by atoms with van der Waals surface area (Å²) in [6.07, 6.45) is 3.26. The SMILES string of the molecule is COC(=O)C(C(C)C)N(c1ccc(-c2ccc(NC(=O)c3oc4cccc(-c5ccoc5)c4c3C)cc2)cc1)S(=O)[O-]. The van der Waals surface area contributed by atoms with Crippen LogP contribution in [0.15, 0.2) is 94.2 Å². The van der Waals surface area contributed by atoms with E-state index in [0.717, 1.165) is 37.5 Å². The minimum Gasteiger partial charge on any atom is -0.755 e. The van der Waals surface area contributed by atoms with Gasteiger partial charge in [-0.05, 0) is 65.9 Å². The molecule has 3 aromatic carbocycles. The van der Waals surface area contributed by atoms with Crippen LogP contribution >= 0.6 is 0 Å². The molecule has 0 bridgehead atoms. The molecule has 2 heterocycles. The molecule has 0 aliphatic rings. The summed E-state index contributed by atoms with van der Waals surface area (Å²) in [5.41, 5.74) is 5.78. The van der Waals surface area contributed by atoms with E-state index in [2.05, 4.69) is 5.32 Å². The number of esters is 1. The summed E-state index contributed by atoms with van der Waals surface area (Å²) in [5.74, 6) is -1.07. The third kappa shape index (κ3) is 5.59. The smallest absolute Gasteiger partial charge is 0.329 e. The van der Waals surface area contributed by atoms with Gasteiger partial charge in [-0.2, -0.15) is 0 Å². The van der Waals surface area contributed by atoms with E-state index in [1.54, 1.807) is 62.8 Å². The van der Waals surface area contributed by atoms with E-state index in [1.807, 2.05) is 43.3 Å². The van der Waals surface area contributed by atoms with Crippen molar-refractivity contribution in [1.29, 1.82) is 0 Å². The Morgan fingerprint density at radius 3 is 2.19 bits per heavy atom. The van der Waals surface area contributed by atoms with Crippen molar-refractivity contribution in [3.8, 4) is 22.3 Å². The molecule has 0 spiro atoms. The van der Waals surface area contributed by atoms with Crippen LogP contribution in [-0.2, 0) is 20.8 Å². The number of rotatable bonds is 9. The highest BCUT2D eigenvalue weighted by atomic mass is 32.2. The van der Waals surface area contributed by atoms with Crippen molar-refractivity contribution in [1.82, 2.24) is 0 Å². The van der Waals surface area contributed by atoms with Crippen LogP contribution in [0.3, 0.4) is 0 Å². The fraction of sp³-hybridized carbons (Fsp3) is 0.188. The van der Waals surface area contributed by atoms with Crippen LogP contribution in [0.25, 0.3) is 33.2 Å². The predicted molar refractivity (Wildman–Crippen MR) is 161 cm³/mol. The molecule has 1 amide bonds. The Labute approximate surface area is 245 Å². The highest BCUT2D eigenvalue weighted by molar-refractivity contribution is 7.80. The lowest BCUT2D eigenvalue weighted by Gasteiger charge is -2.35. The molecule has 9 nitrogen and oxygen atoms in total. The summed E-state index contributed by atoms with van der Waals surface area (Å²) in [4.78, 5) is 25.5. The number of amides is 1. The molecular weight excluding hydrogens is 556 g/mol. The van der Waals surface area contributed by atoms with Gasteiger partial charge >= 0.3 is 5.97 Å². The van der Waals surface area contributed by atoms with Crippen LogP contribution in [0, 0.1) is 12.8 Å². The maximum atomic E-state index is 13.2. The van der Waals surface area contributed by atoms with Gasteiger partial charge in [-0.15, -0.1) is 0 Å². The number of benzene rings is 3. The molecule has 0 saturated heterocycles. The molecule has 0 saturated carbocycles. The first kappa shape index (κ1) is 28.8. The third-order valence-corrected chi connectivity index (χ3v) is 7.84. The Morgan fingerprint density at radius 2 is 1.62 bits per heavy atom. The topological polar surface area (TPSA) is 125 Å². The minimum absolute atomic E-state index is 0.229. The standard InChI is InChI=1S/C32H30N2O7S/c1-19(2)29(32(36)39-4)34(42(37)38)25-14-10-22(11-15-25)21-8-12-24(13-9-21)33-31(35)30-20(3)28-26(23-16-17-40-18-23)6-5-7-27(28)41-30/h5-19,29H,1-4H3,(H,33,35)(H,37,38)/p-1. The second-order valence-corrected chi connectivity index (χ2v) is 10.9. The number of carbonyl (C=O) groups excluding carboxylic acids is 2.